The highest BCUT2D eigenvalue weighted by atomic mass is 79.9. The molecule has 0 saturated carbocycles. The summed E-state index contributed by atoms with van der Waals surface area (Å²) in [5.74, 6) is 0. The van der Waals surface area contributed by atoms with Crippen LogP contribution in [-0.4, -0.2) is 0 Å². The molecule has 0 nitrogen and oxygen atoms in total. The van der Waals surface area contributed by atoms with E-state index in [0.29, 0.717) is 0 Å². The highest BCUT2D eigenvalue weighted by Gasteiger charge is 2.15. The van der Waals surface area contributed by atoms with Crippen LogP contribution in [0.3, 0.4) is 0 Å². The molecule has 0 N–H and O–H groups in total. The van der Waals surface area contributed by atoms with E-state index in [9.17, 15) is 0 Å². The number of rotatable bonds is 1. The molecule has 0 heterocycles. The monoisotopic (exact) mass is 510 g/mol. The van der Waals surface area contributed by atoms with Crippen molar-refractivity contribution in [3.8, 4) is 11.1 Å². The van der Waals surface area contributed by atoms with Gasteiger partial charge in [0, 0.05) is 8.95 Å². The molecular weight excluding hydrogens is 496 g/mol. The van der Waals surface area contributed by atoms with E-state index in [1.54, 1.807) is 0 Å². The summed E-state index contributed by atoms with van der Waals surface area (Å²) in [4.78, 5) is 0. The van der Waals surface area contributed by atoms with Gasteiger partial charge in [0.1, 0.15) is 0 Å². The Morgan fingerprint density at radius 1 is 0.400 bits per heavy atom. The van der Waals surface area contributed by atoms with Crippen LogP contribution in [0.1, 0.15) is 0 Å². The quantitative estimate of drug-likeness (QED) is 0.193. The maximum atomic E-state index is 3.67. The average molecular weight is 512 g/mol. The van der Waals surface area contributed by atoms with Gasteiger partial charge in [-0.1, -0.05) is 105 Å². The molecule has 2 heteroatoms. The zero-order valence-corrected chi connectivity index (χ0v) is 19.2. The van der Waals surface area contributed by atoms with Crippen LogP contribution in [0.25, 0.3) is 54.2 Å². The molecule has 0 amide bonds. The molecule has 0 aliphatic heterocycles. The fraction of sp³-hybridized carbons (Fsp3) is 0. The lowest BCUT2D eigenvalue weighted by Crippen LogP contribution is -1.88. The molecule has 0 bridgehead atoms. The molecular formula is C28H16Br2. The molecule has 0 fully saturated rings. The molecule has 0 spiro atoms. The third kappa shape index (κ3) is 2.71. The van der Waals surface area contributed by atoms with E-state index < -0.39 is 0 Å². The third-order valence-corrected chi connectivity index (χ3v) is 6.84. The highest BCUT2D eigenvalue weighted by Crippen LogP contribution is 2.43. The highest BCUT2D eigenvalue weighted by molar-refractivity contribution is 9.11. The maximum Gasteiger partial charge on any atom is 0.0192 e. The van der Waals surface area contributed by atoms with Gasteiger partial charge in [0.05, 0.1) is 0 Å². The van der Waals surface area contributed by atoms with Gasteiger partial charge >= 0.3 is 0 Å². The lowest BCUT2D eigenvalue weighted by molar-refractivity contribution is 1.59. The summed E-state index contributed by atoms with van der Waals surface area (Å²) in [5, 5.41) is 10.4. The standard InChI is InChI=1S/C28H16Br2/c29-18-13-17(14-19(30)15-18)26-16-27-22-9-2-1-7-20(22)21-8-3-5-11-24(21)28(27)25-12-6-4-10-23(25)26/h1-16H. The fourth-order valence-electron chi connectivity index (χ4n) is 4.71. The second kappa shape index (κ2) is 6.94. The summed E-state index contributed by atoms with van der Waals surface area (Å²) < 4.78 is 2.14. The summed E-state index contributed by atoms with van der Waals surface area (Å²) in [6.45, 7) is 0. The summed E-state index contributed by atoms with van der Waals surface area (Å²) in [6, 6.07) is 35.2. The molecule has 0 aliphatic rings. The molecule has 6 aromatic carbocycles. The van der Waals surface area contributed by atoms with Crippen molar-refractivity contribution in [1.29, 1.82) is 0 Å². The minimum Gasteiger partial charge on any atom is -0.0616 e. The second-order valence-corrected chi connectivity index (χ2v) is 9.47. The summed E-state index contributed by atoms with van der Waals surface area (Å²) >= 11 is 7.33. The maximum absolute atomic E-state index is 3.67. The van der Waals surface area contributed by atoms with E-state index in [1.807, 2.05) is 0 Å². The van der Waals surface area contributed by atoms with E-state index in [1.165, 1.54) is 54.2 Å². The van der Waals surface area contributed by atoms with Gasteiger partial charge < -0.3 is 0 Å². The predicted molar refractivity (Wildman–Crippen MR) is 137 cm³/mol. The topological polar surface area (TPSA) is 0 Å². The van der Waals surface area contributed by atoms with Gasteiger partial charge in [-0.2, -0.15) is 0 Å². The van der Waals surface area contributed by atoms with E-state index >= 15 is 0 Å². The van der Waals surface area contributed by atoms with Gasteiger partial charge in [0.25, 0.3) is 0 Å². The van der Waals surface area contributed by atoms with Crippen molar-refractivity contribution in [3.63, 3.8) is 0 Å². The first-order valence-electron chi connectivity index (χ1n) is 9.92. The van der Waals surface area contributed by atoms with Crippen LogP contribution >= 0.6 is 31.9 Å². The largest absolute Gasteiger partial charge is 0.0616 e. The number of fused-ring (bicyclic) bond motifs is 8. The molecule has 0 saturated heterocycles. The summed E-state index contributed by atoms with van der Waals surface area (Å²) in [7, 11) is 0. The number of benzene rings is 6. The molecule has 0 aromatic heterocycles. The SMILES string of the molecule is Brc1cc(Br)cc(-c2cc3c4ccccc4c4ccccc4c3c3ccccc23)c1. The van der Waals surface area contributed by atoms with Crippen LogP contribution < -0.4 is 0 Å². The lowest BCUT2D eigenvalue weighted by Gasteiger charge is -2.16. The minimum atomic E-state index is 1.07. The molecule has 0 unspecified atom stereocenters. The Hall–Kier alpha value is -2.68. The molecule has 0 radical (unpaired) electrons. The third-order valence-electron chi connectivity index (χ3n) is 5.92. The Kier molecular flexibility index (Phi) is 4.19. The molecule has 6 rings (SSSR count). The minimum absolute atomic E-state index is 1.07. The molecule has 0 atom stereocenters. The number of halogens is 2. The fourth-order valence-corrected chi connectivity index (χ4v) is 6.01. The van der Waals surface area contributed by atoms with Crippen LogP contribution in [0, 0.1) is 0 Å². The second-order valence-electron chi connectivity index (χ2n) is 7.64. The lowest BCUT2D eigenvalue weighted by atomic mass is 9.87. The van der Waals surface area contributed by atoms with Crippen molar-refractivity contribution in [3.05, 3.63) is 106 Å². The zero-order chi connectivity index (χ0) is 20.2. The number of hydrogen-bond acceptors (Lipinski definition) is 0. The van der Waals surface area contributed by atoms with E-state index in [0.717, 1.165) is 8.95 Å². The van der Waals surface area contributed by atoms with Crippen LogP contribution in [0.5, 0.6) is 0 Å². The van der Waals surface area contributed by atoms with Crippen molar-refractivity contribution in [1.82, 2.24) is 0 Å². The van der Waals surface area contributed by atoms with Crippen molar-refractivity contribution in [2.45, 2.75) is 0 Å². The van der Waals surface area contributed by atoms with Crippen LogP contribution in [-0.2, 0) is 0 Å². The Morgan fingerprint density at radius 2 is 0.833 bits per heavy atom. The van der Waals surface area contributed by atoms with Gasteiger partial charge in [-0.05, 0) is 78.5 Å². The van der Waals surface area contributed by atoms with Gasteiger partial charge in [0.2, 0.25) is 0 Å². The first-order chi connectivity index (χ1) is 14.7. The van der Waals surface area contributed by atoms with Gasteiger partial charge in [-0.15, -0.1) is 0 Å². The molecule has 30 heavy (non-hydrogen) atoms. The normalized spacial score (nSPS) is 11.7. The molecule has 6 aromatic rings. The van der Waals surface area contributed by atoms with E-state index in [4.69, 9.17) is 0 Å². The van der Waals surface area contributed by atoms with Crippen LogP contribution in [0.4, 0.5) is 0 Å². The predicted octanol–water partition coefficient (Wildman–Crippen LogP) is 9.49. The van der Waals surface area contributed by atoms with Crippen molar-refractivity contribution in [2.24, 2.45) is 0 Å². The van der Waals surface area contributed by atoms with Gasteiger partial charge in [-0.25, -0.2) is 0 Å². The van der Waals surface area contributed by atoms with Gasteiger partial charge in [-0.3, -0.25) is 0 Å². The zero-order valence-electron chi connectivity index (χ0n) is 16.0. The first kappa shape index (κ1) is 18.1. The summed E-state index contributed by atoms with van der Waals surface area (Å²) in [6.07, 6.45) is 0. The Morgan fingerprint density at radius 3 is 1.43 bits per heavy atom. The number of hydrogen-bond donors (Lipinski definition) is 0. The smallest absolute Gasteiger partial charge is 0.0192 e. The van der Waals surface area contributed by atoms with Crippen molar-refractivity contribution in [2.75, 3.05) is 0 Å². The van der Waals surface area contributed by atoms with Crippen LogP contribution in [0.2, 0.25) is 0 Å². The van der Waals surface area contributed by atoms with Crippen molar-refractivity contribution >= 4 is 74.9 Å². The Labute approximate surface area is 191 Å². The van der Waals surface area contributed by atoms with Gasteiger partial charge in [0.15, 0.2) is 0 Å². The van der Waals surface area contributed by atoms with Crippen molar-refractivity contribution < 1.29 is 0 Å². The molecule has 142 valence electrons. The van der Waals surface area contributed by atoms with Crippen LogP contribution in [0.15, 0.2) is 106 Å². The van der Waals surface area contributed by atoms with E-state index in [-0.39, 0.29) is 0 Å². The summed E-state index contributed by atoms with van der Waals surface area (Å²) in [5.41, 5.74) is 2.45. The first-order valence-corrected chi connectivity index (χ1v) is 11.5. The Balaban J connectivity index is 1.91. The van der Waals surface area contributed by atoms with E-state index in [2.05, 4.69) is 129 Å². The Bertz CT molecular complexity index is 1590. The molecule has 0 aliphatic carbocycles. The average Bonchev–Trinajstić information content (AvgIpc) is 2.77.